The minimum atomic E-state index is -0.0944. The molecule has 0 amide bonds. The van der Waals surface area contributed by atoms with Crippen LogP contribution in [0, 0.1) is 0 Å². The van der Waals surface area contributed by atoms with Crippen LogP contribution in [0.15, 0.2) is 359 Å². The first-order valence-electron chi connectivity index (χ1n) is 37.2. The molecule has 4 aliphatic rings. The van der Waals surface area contributed by atoms with Crippen LogP contribution in [0.3, 0.4) is 0 Å². The fraction of sp³-hybridized carbons (Fsp3) is 0. The van der Waals surface area contributed by atoms with Crippen molar-refractivity contribution in [1.82, 2.24) is 18.7 Å². The zero-order valence-electron chi connectivity index (χ0n) is 58.7. The number of benzene rings is 16. The third-order valence-corrected chi connectivity index (χ3v) is 25.6. The standard InChI is InChI=1S/C98H56B2N4O4S2/c105-97(57-19-2-1-3-20-57)63-39-44-85-73(50-63)69-25-6-13-32-81(69)103(85)104-82-33-14-7-26-70(82)74-51-64(40-45-86(74)104)98(106)62-22-18-21-58(47-62)61-41-46-88-78(52-61)100-77-29-10-17-36-92(77)110-94-56-66(54-90(108-88)96(94)100)60-38-43-84-72(49-60)68-24-5-12-31-80(68)102(84)101-79-30-11-4-23-67(79)71-48-59(37-42-83(71)101)65-53-89-95-93(55-65)109-91-35-16-9-28-76(91)99(95)75-27-8-15-34-87(75)107-89/h1-56H. The van der Waals surface area contributed by atoms with Crippen LogP contribution >= 0.6 is 23.5 Å². The van der Waals surface area contributed by atoms with E-state index >= 15 is 4.79 Å². The Balaban J connectivity index is 0.563. The molecule has 0 radical (unpaired) electrons. The predicted octanol–water partition coefficient (Wildman–Crippen LogP) is 20.4. The van der Waals surface area contributed by atoms with E-state index in [9.17, 15) is 4.79 Å². The highest BCUT2D eigenvalue weighted by Crippen LogP contribution is 2.46. The Bertz CT molecular complexity index is 7430. The largest absolute Gasteiger partial charge is 0.458 e. The molecule has 24 rings (SSSR count). The monoisotopic (exact) mass is 1440 g/mol. The van der Waals surface area contributed by atoms with Crippen LogP contribution < -0.4 is 42.3 Å². The summed E-state index contributed by atoms with van der Waals surface area (Å²) in [4.78, 5) is 33.8. The average molecular weight is 1440 g/mol. The summed E-state index contributed by atoms with van der Waals surface area (Å²) in [6.45, 7) is 0.0149. The van der Waals surface area contributed by atoms with Gasteiger partial charge in [-0.3, -0.25) is 9.59 Å². The zero-order valence-corrected chi connectivity index (χ0v) is 60.4. The van der Waals surface area contributed by atoms with Crippen molar-refractivity contribution in [2.24, 2.45) is 0 Å². The van der Waals surface area contributed by atoms with Gasteiger partial charge in [-0.15, -0.1) is 0 Å². The van der Waals surface area contributed by atoms with Crippen molar-refractivity contribution in [3.05, 3.63) is 362 Å². The van der Waals surface area contributed by atoms with Crippen LogP contribution in [0.2, 0.25) is 0 Å². The molecule has 0 bridgehead atoms. The van der Waals surface area contributed by atoms with E-state index in [0.29, 0.717) is 22.3 Å². The summed E-state index contributed by atoms with van der Waals surface area (Å²) in [5, 5.41) is 8.70. The molecule has 8 nitrogen and oxygen atoms in total. The maximum absolute atomic E-state index is 15.1. The van der Waals surface area contributed by atoms with Gasteiger partial charge in [-0.05, 0) is 195 Å². The number of aromatic nitrogens is 4. The fourth-order valence-electron chi connectivity index (χ4n) is 18.4. The maximum Gasteiger partial charge on any atom is 0.253 e. The fourth-order valence-corrected chi connectivity index (χ4v) is 20.8. The molecule has 4 aliphatic heterocycles. The molecule has 0 fully saturated rings. The van der Waals surface area contributed by atoms with E-state index in [1.54, 1.807) is 0 Å². The van der Waals surface area contributed by atoms with E-state index in [2.05, 4.69) is 286 Å². The molecule has 0 saturated heterocycles. The number of fused-ring (bicyclic) bond motifs is 20. The molecular formula is C98H56B2N4O4S2. The van der Waals surface area contributed by atoms with Gasteiger partial charge in [-0.2, -0.15) is 0 Å². The third kappa shape index (κ3) is 9.03. The van der Waals surface area contributed by atoms with Gasteiger partial charge in [0.2, 0.25) is 0 Å². The normalized spacial score (nSPS) is 13.0. The Labute approximate surface area is 639 Å². The van der Waals surface area contributed by atoms with Gasteiger partial charge in [0.05, 0.1) is 44.1 Å². The first kappa shape index (κ1) is 61.6. The maximum atomic E-state index is 15.1. The third-order valence-electron chi connectivity index (χ3n) is 23.3. The number of rotatable bonds is 9. The van der Waals surface area contributed by atoms with Crippen LogP contribution in [-0.2, 0) is 0 Å². The molecule has 8 heterocycles. The Hall–Kier alpha value is -13.5. The van der Waals surface area contributed by atoms with Crippen LogP contribution in [0.5, 0.6) is 23.0 Å². The van der Waals surface area contributed by atoms with Gasteiger partial charge in [0.15, 0.2) is 11.6 Å². The number of carbonyl (C=O) groups is 2. The smallest absolute Gasteiger partial charge is 0.253 e. The Morgan fingerprint density at radius 1 is 0.227 bits per heavy atom. The van der Waals surface area contributed by atoms with Gasteiger partial charge in [0.1, 0.15) is 23.0 Å². The van der Waals surface area contributed by atoms with Crippen molar-refractivity contribution in [2.75, 3.05) is 0 Å². The van der Waals surface area contributed by atoms with Gasteiger partial charge in [-0.1, -0.05) is 235 Å². The van der Waals surface area contributed by atoms with E-state index < -0.39 is 0 Å². The molecular weight excluding hydrogens is 1380 g/mol. The summed E-state index contributed by atoms with van der Waals surface area (Å²) < 4.78 is 23.3. The second-order valence-electron chi connectivity index (χ2n) is 29.3. The number of nitrogens with zero attached hydrogens (tertiary/aromatic N) is 4. The van der Waals surface area contributed by atoms with E-state index in [0.717, 1.165) is 138 Å². The number of para-hydroxylation sites is 5. The highest BCUT2D eigenvalue weighted by molar-refractivity contribution is 8.00. The van der Waals surface area contributed by atoms with Gasteiger partial charge >= 0.3 is 0 Å². The number of hydrogen-bond donors (Lipinski definition) is 0. The average Bonchev–Trinajstić information content (AvgIpc) is 1.37. The molecule has 20 aromatic rings. The van der Waals surface area contributed by atoms with Crippen LogP contribution in [0.1, 0.15) is 31.8 Å². The Morgan fingerprint density at radius 2 is 0.591 bits per heavy atom. The lowest BCUT2D eigenvalue weighted by Crippen LogP contribution is -2.57. The number of carbonyl (C=O) groups excluding carboxylic acids is 2. The summed E-state index contributed by atoms with van der Waals surface area (Å²) in [5.41, 5.74) is 24.5. The number of ether oxygens (including phenoxy) is 2. The highest BCUT2D eigenvalue weighted by Gasteiger charge is 2.42. The zero-order chi connectivity index (χ0) is 72.1. The summed E-state index contributed by atoms with van der Waals surface area (Å²) >= 11 is 3.65. The Morgan fingerprint density at radius 3 is 1.11 bits per heavy atom. The van der Waals surface area contributed by atoms with Crippen LogP contribution in [0.25, 0.3) is 121 Å². The van der Waals surface area contributed by atoms with E-state index in [4.69, 9.17) is 9.47 Å². The molecule has 510 valence electrons. The number of hydrogen-bond acceptors (Lipinski definition) is 6. The predicted molar refractivity (Wildman–Crippen MR) is 452 cm³/mol. The molecule has 0 saturated carbocycles. The van der Waals surface area contributed by atoms with E-state index in [1.165, 1.54) is 57.6 Å². The van der Waals surface area contributed by atoms with Crippen molar-refractivity contribution in [3.8, 4) is 56.4 Å². The first-order chi connectivity index (χ1) is 54.3. The van der Waals surface area contributed by atoms with E-state index in [-0.39, 0.29) is 25.0 Å². The van der Waals surface area contributed by atoms with Crippen LogP contribution in [0.4, 0.5) is 0 Å². The van der Waals surface area contributed by atoms with Crippen molar-refractivity contribution in [2.45, 2.75) is 19.6 Å². The lowest BCUT2D eigenvalue weighted by atomic mass is 9.35. The van der Waals surface area contributed by atoms with Crippen molar-refractivity contribution in [1.29, 1.82) is 0 Å². The van der Waals surface area contributed by atoms with Crippen LogP contribution in [-0.4, -0.2) is 43.7 Å². The molecule has 16 aromatic carbocycles. The van der Waals surface area contributed by atoms with Gasteiger partial charge in [0, 0.05) is 84.9 Å². The first-order valence-corrected chi connectivity index (χ1v) is 38.9. The highest BCUT2D eigenvalue weighted by atomic mass is 32.2. The minimum Gasteiger partial charge on any atom is -0.458 e. The van der Waals surface area contributed by atoms with E-state index in [1.807, 2.05) is 96.3 Å². The molecule has 12 heteroatoms. The molecule has 110 heavy (non-hydrogen) atoms. The minimum absolute atomic E-state index is 0.0180. The molecule has 0 N–H and O–H groups in total. The van der Waals surface area contributed by atoms with Crippen molar-refractivity contribution in [3.63, 3.8) is 0 Å². The number of ketones is 2. The summed E-state index contributed by atoms with van der Waals surface area (Å²) in [6.07, 6.45) is 0. The molecule has 4 aromatic heterocycles. The lowest BCUT2D eigenvalue weighted by molar-refractivity contribution is 0.103. The molecule has 0 atom stereocenters. The van der Waals surface area contributed by atoms with Crippen molar-refractivity contribution >= 4 is 169 Å². The van der Waals surface area contributed by atoms with Gasteiger partial charge < -0.3 is 9.47 Å². The molecule has 0 unspecified atom stereocenters. The Kier molecular flexibility index (Phi) is 13.2. The van der Waals surface area contributed by atoms with Crippen molar-refractivity contribution < 1.29 is 19.1 Å². The lowest BCUT2D eigenvalue weighted by Gasteiger charge is -2.33. The SMILES string of the molecule is O=C(c1ccccc1)c1ccc2c(c1)c1ccccc1n2-n1c2ccccc2c2cc(C(=O)c3cccc(-c4ccc5c(c4)B4c6ccccc6Sc6cc(-c7ccc8c(c7)c7ccccc7n8-n7c8ccccc8c8cc(-c9cc%10c%11c(c9)Sc9ccccc9B%11c9ccccc9O%10)ccc87)cc(c64)O5)c3)ccc21. The topological polar surface area (TPSA) is 72.3 Å². The van der Waals surface area contributed by atoms with Gasteiger partial charge in [-0.25, -0.2) is 18.7 Å². The quantitative estimate of drug-likeness (QED) is 0.106. The summed E-state index contributed by atoms with van der Waals surface area (Å²) in [7, 11) is 0. The molecule has 0 aliphatic carbocycles. The summed E-state index contributed by atoms with van der Waals surface area (Å²) in [6, 6.07) is 120. The second-order valence-corrected chi connectivity index (χ2v) is 31.4. The second kappa shape index (κ2) is 23.5. The molecule has 0 spiro atoms. The van der Waals surface area contributed by atoms with Gasteiger partial charge in [0.25, 0.3) is 13.4 Å². The summed E-state index contributed by atoms with van der Waals surface area (Å²) in [5.74, 6) is 3.42.